The second-order valence-electron chi connectivity index (χ2n) is 2.43. The Labute approximate surface area is 102 Å². The van der Waals surface area contributed by atoms with Crippen LogP contribution in [0, 0.1) is 0 Å². The normalized spacial score (nSPS) is 8.93. The lowest BCUT2D eigenvalue weighted by atomic mass is 10.3. The first-order valence-corrected chi connectivity index (χ1v) is 4.22. The Balaban J connectivity index is 0.000000845. The number of nitrogens with two attached hydrogens (primary N) is 1. The van der Waals surface area contributed by atoms with Gasteiger partial charge in [-0.25, -0.2) is 4.98 Å². The highest BCUT2D eigenvalue weighted by molar-refractivity contribution is 9.10. The van der Waals surface area contributed by atoms with E-state index in [1.165, 1.54) is 0 Å². The number of nitrogen functional groups attached to an aromatic ring is 1. The smallest absolute Gasteiger partial charge is 0.124 e. The highest BCUT2D eigenvalue weighted by Crippen LogP contribution is 2.20. The fourth-order valence-electron chi connectivity index (χ4n) is 1.02. The summed E-state index contributed by atoms with van der Waals surface area (Å²) in [6.45, 7) is 0. The van der Waals surface area contributed by atoms with Crippen LogP contribution in [0.1, 0.15) is 0 Å². The Morgan fingerprint density at radius 3 is 2.57 bits per heavy atom. The zero-order valence-electron chi connectivity index (χ0n) is 6.98. The molecule has 2 aromatic rings. The van der Waals surface area contributed by atoms with E-state index < -0.39 is 0 Å². The minimum atomic E-state index is 0. The molecule has 0 aliphatic carbocycles. The summed E-state index contributed by atoms with van der Waals surface area (Å²) in [4.78, 5) is 8.18. The fraction of sp³-hybridized carbons (Fsp3) is 0. The topological polar surface area (TPSA) is 51.8 Å². The average Bonchev–Trinajstić information content (AvgIpc) is 2.07. The van der Waals surface area contributed by atoms with Gasteiger partial charge < -0.3 is 5.73 Å². The third-order valence-electron chi connectivity index (χ3n) is 1.58. The monoisotopic (exact) mass is 295 g/mol. The van der Waals surface area contributed by atoms with Crippen molar-refractivity contribution in [3.05, 3.63) is 29.0 Å². The minimum absolute atomic E-state index is 0. The number of hydrogen-bond acceptors (Lipinski definition) is 3. The van der Waals surface area contributed by atoms with Crippen LogP contribution in [-0.2, 0) is 0 Å². The molecule has 0 aliphatic rings. The van der Waals surface area contributed by atoms with Crippen molar-refractivity contribution in [3.63, 3.8) is 0 Å². The molecule has 3 nitrogen and oxygen atoms in total. The SMILES string of the molecule is Cl.Cl.Nc1ccc2cncc(Br)c2n1. The lowest BCUT2D eigenvalue weighted by Gasteiger charge is -1.98. The number of fused-ring (bicyclic) bond motifs is 1. The van der Waals surface area contributed by atoms with Gasteiger partial charge >= 0.3 is 0 Å². The van der Waals surface area contributed by atoms with Crippen LogP contribution >= 0.6 is 40.7 Å². The molecule has 76 valence electrons. The van der Waals surface area contributed by atoms with E-state index in [0.29, 0.717) is 5.82 Å². The third kappa shape index (κ3) is 2.47. The molecule has 0 saturated heterocycles. The molecular formula is C8H8BrCl2N3. The second kappa shape index (κ2) is 5.34. The molecule has 2 N–H and O–H groups in total. The largest absolute Gasteiger partial charge is 0.384 e. The number of anilines is 1. The first-order valence-electron chi connectivity index (χ1n) is 3.43. The zero-order valence-corrected chi connectivity index (χ0v) is 10.2. The molecule has 2 aromatic heterocycles. The van der Waals surface area contributed by atoms with Gasteiger partial charge in [0.15, 0.2) is 0 Å². The third-order valence-corrected chi connectivity index (χ3v) is 2.16. The van der Waals surface area contributed by atoms with Gasteiger partial charge in [-0.05, 0) is 28.1 Å². The summed E-state index contributed by atoms with van der Waals surface area (Å²) in [5.74, 6) is 0.523. The molecule has 0 radical (unpaired) electrons. The van der Waals surface area contributed by atoms with Crippen molar-refractivity contribution in [2.45, 2.75) is 0 Å². The fourth-order valence-corrected chi connectivity index (χ4v) is 1.46. The van der Waals surface area contributed by atoms with E-state index in [2.05, 4.69) is 25.9 Å². The molecule has 2 heterocycles. The van der Waals surface area contributed by atoms with Crippen LogP contribution in [-0.4, -0.2) is 9.97 Å². The zero-order chi connectivity index (χ0) is 8.55. The molecule has 0 aliphatic heterocycles. The summed E-state index contributed by atoms with van der Waals surface area (Å²) < 4.78 is 0.868. The van der Waals surface area contributed by atoms with Gasteiger partial charge in [-0.2, -0.15) is 0 Å². The average molecular weight is 297 g/mol. The summed E-state index contributed by atoms with van der Waals surface area (Å²) >= 11 is 3.35. The number of hydrogen-bond donors (Lipinski definition) is 1. The summed E-state index contributed by atoms with van der Waals surface area (Å²) in [6, 6.07) is 3.66. The maximum atomic E-state index is 5.54. The van der Waals surface area contributed by atoms with Crippen LogP contribution in [0.3, 0.4) is 0 Å². The van der Waals surface area contributed by atoms with Gasteiger partial charge in [-0.3, -0.25) is 4.98 Å². The molecule has 2 rings (SSSR count). The van der Waals surface area contributed by atoms with E-state index in [1.54, 1.807) is 18.5 Å². The van der Waals surface area contributed by atoms with E-state index in [-0.39, 0.29) is 24.8 Å². The van der Waals surface area contributed by atoms with E-state index in [4.69, 9.17) is 5.73 Å². The number of halogens is 3. The Kier molecular flexibility index (Phi) is 5.12. The van der Waals surface area contributed by atoms with Crippen LogP contribution in [0.2, 0.25) is 0 Å². The minimum Gasteiger partial charge on any atom is -0.384 e. The highest BCUT2D eigenvalue weighted by Gasteiger charge is 1.99. The lowest BCUT2D eigenvalue weighted by Crippen LogP contribution is -1.90. The maximum Gasteiger partial charge on any atom is 0.124 e. The van der Waals surface area contributed by atoms with Gasteiger partial charge in [0.25, 0.3) is 0 Å². The van der Waals surface area contributed by atoms with Gasteiger partial charge in [-0.15, -0.1) is 24.8 Å². The molecule has 0 unspecified atom stereocenters. The van der Waals surface area contributed by atoms with E-state index >= 15 is 0 Å². The van der Waals surface area contributed by atoms with Gasteiger partial charge in [-0.1, -0.05) is 0 Å². The number of pyridine rings is 2. The van der Waals surface area contributed by atoms with Crippen molar-refractivity contribution in [2.75, 3.05) is 5.73 Å². The van der Waals surface area contributed by atoms with Gasteiger partial charge in [0.05, 0.1) is 9.99 Å². The summed E-state index contributed by atoms with van der Waals surface area (Å²) in [5.41, 5.74) is 6.39. The predicted octanol–water partition coefficient (Wildman–Crippen LogP) is 2.82. The van der Waals surface area contributed by atoms with Gasteiger partial charge in [0.1, 0.15) is 5.82 Å². The van der Waals surface area contributed by atoms with Crippen molar-refractivity contribution >= 4 is 57.5 Å². The predicted molar refractivity (Wildman–Crippen MR) is 66.1 cm³/mol. The van der Waals surface area contributed by atoms with Crippen LogP contribution < -0.4 is 5.73 Å². The molecular weight excluding hydrogens is 289 g/mol. The van der Waals surface area contributed by atoms with Crippen molar-refractivity contribution in [1.29, 1.82) is 0 Å². The van der Waals surface area contributed by atoms with Crippen LogP contribution in [0.5, 0.6) is 0 Å². The first kappa shape index (κ1) is 13.4. The molecule has 0 amide bonds. The quantitative estimate of drug-likeness (QED) is 0.813. The highest BCUT2D eigenvalue weighted by atomic mass is 79.9. The van der Waals surface area contributed by atoms with Crippen molar-refractivity contribution < 1.29 is 0 Å². The van der Waals surface area contributed by atoms with Crippen molar-refractivity contribution in [2.24, 2.45) is 0 Å². The van der Waals surface area contributed by atoms with Crippen molar-refractivity contribution in [1.82, 2.24) is 9.97 Å². The molecule has 14 heavy (non-hydrogen) atoms. The van der Waals surface area contributed by atoms with Crippen LogP contribution in [0.25, 0.3) is 10.9 Å². The molecule has 0 atom stereocenters. The summed E-state index contributed by atoms with van der Waals surface area (Å²) in [6.07, 6.45) is 3.46. The molecule has 6 heteroatoms. The standard InChI is InChI=1S/C8H6BrN3.2ClH/c9-6-4-11-3-5-1-2-7(10)12-8(5)6;;/h1-4H,(H2,10,12);2*1H. The molecule has 0 aromatic carbocycles. The lowest BCUT2D eigenvalue weighted by molar-refractivity contribution is 1.31. The maximum absolute atomic E-state index is 5.54. The van der Waals surface area contributed by atoms with Gasteiger partial charge in [0.2, 0.25) is 0 Å². The molecule has 0 spiro atoms. The molecule has 0 bridgehead atoms. The number of aromatic nitrogens is 2. The Morgan fingerprint density at radius 1 is 1.14 bits per heavy atom. The Bertz CT molecular complexity index is 436. The summed E-state index contributed by atoms with van der Waals surface area (Å²) in [7, 11) is 0. The number of rotatable bonds is 0. The summed E-state index contributed by atoms with van der Waals surface area (Å²) in [5, 5.41) is 0.985. The second-order valence-corrected chi connectivity index (χ2v) is 3.28. The van der Waals surface area contributed by atoms with Crippen molar-refractivity contribution in [3.8, 4) is 0 Å². The van der Waals surface area contributed by atoms with Crippen LogP contribution in [0.15, 0.2) is 29.0 Å². The Hall–Kier alpha value is -0.580. The van der Waals surface area contributed by atoms with Gasteiger partial charge in [0, 0.05) is 17.8 Å². The van der Waals surface area contributed by atoms with Crippen LogP contribution in [0.4, 0.5) is 5.82 Å². The first-order chi connectivity index (χ1) is 5.77. The van der Waals surface area contributed by atoms with E-state index in [9.17, 15) is 0 Å². The van der Waals surface area contributed by atoms with E-state index in [0.717, 1.165) is 15.4 Å². The Morgan fingerprint density at radius 2 is 1.86 bits per heavy atom. The molecule has 0 saturated carbocycles. The number of nitrogens with zero attached hydrogens (tertiary/aromatic N) is 2. The molecule has 0 fully saturated rings. The van der Waals surface area contributed by atoms with E-state index in [1.807, 2.05) is 6.07 Å².